The van der Waals surface area contributed by atoms with Gasteiger partial charge in [-0.1, -0.05) is 19.9 Å². The highest BCUT2D eigenvalue weighted by Gasteiger charge is 2.12. The summed E-state index contributed by atoms with van der Waals surface area (Å²) in [6.45, 7) is 12.9. The fourth-order valence-electron chi connectivity index (χ4n) is 3.01. The molecule has 6 nitrogen and oxygen atoms in total. The Balaban J connectivity index is 2.79. The molecule has 0 amide bonds. The summed E-state index contributed by atoms with van der Waals surface area (Å²) in [5.41, 5.74) is 2.13. The average molecular weight is 422 g/mol. The molecule has 30 heavy (non-hydrogen) atoms. The van der Waals surface area contributed by atoms with Crippen LogP contribution in [-0.2, 0) is 19.1 Å². The van der Waals surface area contributed by atoms with Crippen molar-refractivity contribution >= 4 is 17.6 Å². The summed E-state index contributed by atoms with van der Waals surface area (Å²) in [5.74, 6) is 1.13. The first kappa shape index (κ1) is 25.8. The van der Waals surface area contributed by atoms with Crippen molar-refractivity contribution in [2.45, 2.75) is 66.7 Å². The highest BCUT2D eigenvalue weighted by molar-refractivity contribution is 5.69. The maximum Gasteiger partial charge on any atom is 0.305 e. The second kappa shape index (κ2) is 14.7. The van der Waals surface area contributed by atoms with E-state index in [-0.39, 0.29) is 11.9 Å². The lowest BCUT2D eigenvalue weighted by atomic mass is 10.1. The molecular formula is C24H39NO5. The van der Waals surface area contributed by atoms with Gasteiger partial charge >= 0.3 is 11.9 Å². The third-order valence-electron chi connectivity index (χ3n) is 4.72. The minimum atomic E-state index is -0.175. The van der Waals surface area contributed by atoms with Gasteiger partial charge in [-0.15, -0.1) is 0 Å². The molecule has 1 aromatic carbocycles. The molecule has 0 aliphatic rings. The van der Waals surface area contributed by atoms with Crippen LogP contribution in [0.4, 0.5) is 5.69 Å². The topological polar surface area (TPSA) is 65.1 Å². The van der Waals surface area contributed by atoms with Gasteiger partial charge in [-0.3, -0.25) is 9.59 Å². The van der Waals surface area contributed by atoms with E-state index in [1.165, 1.54) is 0 Å². The van der Waals surface area contributed by atoms with Gasteiger partial charge in [0.15, 0.2) is 0 Å². The smallest absolute Gasteiger partial charge is 0.305 e. The third kappa shape index (κ3) is 10.5. The van der Waals surface area contributed by atoms with E-state index in [9.17, 15) is 9.59 Å². The molecule has 0 saturated heterocycles. The average Bonchev–Trinajstić information content (AvgIpc) is 2.68. The standard InChI is InChI=1S/C24H39NO5/c1-6-28-23(26)10-8-15-25(16-9-11-24(27)29-7-2)21-13-12-20(5)22(18-21)30-17-14-19(3)4/h12-13,18-19H,6-11,14-17H2,1-5H3. The lowest BCUT2D eigenvalue weighted by Gasteiger charge is -2.26. The highest BCUT2D eigenvalue weighted by Crippen LogP contribution is 2.26. The molecule has 1 rings (SSSR count). The van der Waals surface area contributed by atoms with Crippen molar-refractivity contribution in [2.24, 2.45) is 5.92 Å². The quantitative estimate of drug-likeness (QED) is 0.375. The van der Waals surface area contributed by atoms with E-state index < -0.39 is 0 Å². The van der Waals surface area contributed by atoms with Gasteiger partial charge in [0.2, 0.25) is 0 Å². The van der Waals surface area contributed by atoms with Crippen molar-refractivity contribution in [3.05, 3.63) is 23.8 Å². The lowest BCUT2D eigenvalue weighted by molar-refractivity contribution is -0.144. The Kier molecular flexibility index (Phi) is 12.6. The van der Waals surface area contributed by atoms with Gasteiger partial charge in [-0.25, -0.2) is 0 Å². The number of rotatable bonds is 15. The predicted molar refractivity (Wildman–Crippen MR) is 120 cm³/mol. The molecule has 0 N–H and O–H groups in total. The van der Waals surface area contributed by atoms with Gasteiger partial charge in [0.1, 0.15) is 5.75 Å². The minimum absolute atomic E-state index is 0.175. The maximum absolute atomic E-state index is 11.7. The van der Waals surface area contributed by atoms with E-state index in [4.69, 9.17) is 14.2 Å². The number of ether oxygens (including phenoxy) is 3. The van der Waals surface area contributed by atoms with Crippen LogP contribution in [0.5, 0.6) is 5.75 Å². The fraction of sp³-hybridized carbons (Fsp3) is 0.667. The van der Waals surface area contributed by atoms with Crippen molar-refractivity contribution in [3.8, 4) is 5.75 Å². The van der Waals surface area contributed by atoms with E-state index in [1.54, 1.807) is 0 Å². The Bertz CT molecular complexity index is 620. The van der Waals surface area contributed by atoms with Gasteiger partial charge in [0.05, 0.1) is 19.8 Å². The number of carbonyl (C=O) groups excluding carboxylic acids is 2. The Morgan fingerprint density at radius 2 is 1.53 bits per heavy atom. The van der Waals surface area contributed by atoms with Crippen LogP contribution in [0.25, 0.3) is 0 Å². The molecule has 0 saturated carbocycles. The number of hydrogen-bond acceptors (Lipinski definition) is 6. The van der Waals surface area contributed by atoms with Crippen molar-refractivity contribution in [1.29, 1.82) is 0 Å². The summed E-state index contributed by atoms with van der Waals surface area (Å²) < 4.78 is 16.1. The Hall–Kier alpha value is -2.24. The zero-order chi connectivity index (χ0) is 22.4. The lowest BCUT2D eigenvalue weighted by Crippen LogP contribution is -2.27. The maximum atomic E-state index is 11.7. The molecule has 0 aromatic heterocycles. The molecule has 0 bridgehead atoms. The van der Waals surface area contributed by atoms with Crippen LogP contribution in [0.1, 0.15) is 65.4 Å². The Morgan fingerprint density at radius 1 is 0.967 bits per heavy atom. The summed E-state index contributed by atoms with van der Waals surface area (Å²) in [7, 11) is 0. The summed E-state index contributed by atoms with van der Waals surface area (Å²) in [4.78, 5) is 25.6. The van der Waals surface area contributed by atoms with Crippen molar-refractivity contribution in [3.63, 3.8) is 0 Å². The van der Waals surface area contributed by atoms with E-state index in [0.717, 1.165) is 23.4 Å². The number of nitrogens with zero attached hydrogens (tertiary/aromatic N) is 1. The Morgan fingerprint density at radius 3 is 2.03 bits per heavy atom. The zero-order valence-electron chi connectivity index (χ0n) is 19.4. The molecule has 0 aliphatic carbocycles. The number of aryl methyl sites for hydroxylation is 1. The Labute approximate surface area is 181 Å². The molecule has 0 heterocycles. The minimum Gasteiger partial charge on any atom is -0.493 e. The van der Waals surface area contributed by atoms with Crippen LogP contribution < -0.4 is 9.64 Å². The number of hydrogen-bond donors (Lipinski definition) is 0. The summed E-state index contributed by atoms with van der Waals surface area (Å²) in [6.07, 6.45) is 3.15. The van der Waals surface area contributed by atoms with Crippen LogP contribution in [0, 0.1) is 12.8 Å². The summed E-state index contributed by atoms with van der Waals surface area (Å²) in [6, 6.07) is 6.19. The van der Waals surface area contributed by atoms with Crippen LogP contribution in [0.3, 0.4) is 0 Å². The van der Waals surface area contributed by atoms with Gasteiger partial charge in [-0.2, -0.15) is 0 Å². The van der Waals surface area contributed by atoms with Crippen molar-refractivity contribution < 1.29 is 23.8 Å². The number of carbonyl (C=O) groups is 2. The normalized spacial score (nSPS) is 10.7. The number of esters is 2. The highest BCUT2D eigenvalue weighted by atomic mass is 16.5. The molecule has 0 spiro atoms. The van der Waals surface area contributed by atoms with Gasteiger partial charge in [-0.05, 0) is 57.6 Å². The van der Waals surface area contributed by atoms with E-state index >= 15 is 0 Å². The molecule has 6 heteroatoms. The van der Waals surface area contributed by atoms with Gasteiger partial charge in [0.25, 0.3) is 0 Å². The molecule has 1 aromatic rings. The van der Waals surface area contributed by atoms with E-state index in [0.29, 0.717) is 64.5 Å². The molecule has 170 valence electrons. The molecule has 0 fully saturated rings. The monoisotopic (exact) mass is 421 g/mol. The number of benzene rings is 1. The second-order valence-electron chi connectivity index (χ2n) is 7.78. The van der Waals surface area contributed by atoms with Gasteiger partial charge in [0, 0.05) is 37.7 Å². The van der Waals surface area contributed by atoms with Crippen LogP contribution in [0.15, 0.2) is 18.2 Å². The first-order valence-electron chi connectivity index (χ1n) is 11.2. The third-order valence-corrected chi connectivity index (χ3v) is 4.72. The van der Waals surface area contributed by atoms with E-state index in [1.807, 2.05) is 20.8 Å². The largest absolute Gasteiger partial charge is 0.493 e. The zero-order valence-corrected chi connectivity index (χ0v) is 19.4. The van der Waals surface area contributed by atoms with Crippen molar-refractivity contribution in [1.82, 2.24) is 0 Å². The molecule has 0 radical (unpaired) electrons. The van der Waals surface area contributed by atoms with Gasteiger partial charge < -0.3 is 19.1 Å². The van der Waals surface area contributed by atoms with Crippen molar-refractivity contribution in [2.75, 3.05) is 37.8 Å². The van der Waals surface area contributed by atoms with E-state index in [2.05, 4.69) is 36.9 Å². The van der Waals surface area contributed by atoms with Crippen LogP contribution in [0.2, 0.25) is 0 Å². The molecule has 0 unspecified atom stereocenters. The number of anilines is 1. The summed E-state index contributed by atoms with van der Waals surface area (Å²) >= 11 is 0. The first-order chi connectivity index (χ1) is 14.4. The second-order valence-corrected chi connectivity index (χ2v) is 7.78. The molecular weight excluding hydrogens is 382 g/mol. The van der Waals surface area contributed by atoms with Crippen LogP contribution in [-0.4, -0.2) is 44.8 Å². The predicted octanol–water partition coefficient (Wildman–Crippen LogP) is 4.91. The molecule has 0 atom stereocenters. The first-order valence-corrected chi connectivity index (χ1v) is 11.2. The fourth-order valence-corrected chi connectivity index (χ4v) is 3.01. The summed E-state index contributed by atoms with van der Waals surface area (Å²) in [5, 5.41) is 0. The molecule has 0 aliphatic heterocycles. The SMILES string of the molecule is CCOC(=O)CCCN(CCCC(=O)OCC)c1ccc(C)c(OCCC(C)C)c1. The van der Waals surface area contributed by atoms with Crippen LogP contribution >= 0.6 is 0 Å².